The number of aryl methyl sites for hydroxylation is 3. The van der Waals surface area contributed by atoms with E-state index in [1.54, 1.807) is 24.3 Å². The van der Waals surface area contributed by atoms with Crippen molar-refractivity contribution in [2.45, 2.75) is 25.7 Å². The fraction of sp³-hybridized carbons (Fsp3) is 0.296. The number of sulfonamides is 1. The van der Waals surface area contributed by atoms with E-state index >= 15 is 0 Å². The molecule has 1 N–H and O–H groups in total. The number of hydrogen-bond acceptors (Lipinski definition) is 6. The molecule has 0 aliphatic rings. The molecular formula is C27H32N2O6S. The van der Waals surface area contributed by atoms with Gasteiger partial charge < -0.3 is 19.5 Å². The first-order chi connectivity index (χ1) is 17.1. The molecule has 1 amide bonds. The number of anilines is 1. The Morgan fingerprint density at radius 2 is 1.50 bits per heavy atom. The summed E-state index contributed by atoms with van der Waals surface area (Å²) in [4.78, 5) is 12.8. The predicted octanol–water partition coefficient (Wildman–Crippen LogP) is 4.02. The van der Waals surface area contributed by atoms with Crippen LogP contribution in [0.4, 0.5) is 5.69 Å². The molecule has 3 aromatic carbocycles. The van der Waals surface area contributed by atoms with Crippen LogP contribution in [-0.2, 0) is 14.8 Å². The van der Waals surface area contributed by atoms with E-state index in [1.165, 1.54) is 32.4 Å². The van der Waals surface area contributed by atoms with Gasteiger partial charge in [0.25, 0.3) is 10.0 Å². The molecule has 3 rings (SSSR count). The highest BCUT2D eigenvalue weighted by molar-refractivity contribution is 7.92. The summed E-state index contributed by atoms with van der Waals surface area (Å²) < 4.78 is 44.6. The SMILES string of the molecule is COc1ccc(S(=O)(=O)N(CC(=O)NCCOc2cc(C)ccc2C)c2ccc(C)cc2)cc1OC. The first-order valence-electron chi connectivity index (χ1n) is 11.4. The van der Waals surface area contributed by atoms with Crippen molar-refractivity contribution in [3.63, 3.8) is 0 Å². The number of hydrogen-bond donors (Lipinski definition) is 1. The van der Waals surface area contributed by atoms with E-state index in [1.807, 2.05) is 39.0 Å². The molecule has 0 saturated carbocycles. The standard InChI is InChI=1S/C27H32N2O6S/c1-19-7-10-22(11-8-19)29(36(31,32)23-12-13-24(33-4)26(17-23)34-5)18-27(30)28-14-15-35-25-16-20(2)6-9-21(25)3/h6-13,16-17H,14-15,18H2,1-5H3,(H,28,30). The number of methoxy groups -OCH3 is 2. The maximum atomic E-state index is 13.6. The summed E-state index contributed by atoms with van der Waals surface area (Å²) in [6.07, 6.45) is 0. The lowest BCUT2D eigenvalue weighted by molar-refractivity contribution is -0.119. The van der Waals surface area contributed by atoms with Crippen LogP contribution in [0.25, 0.3) is 0 Å². The maximum absolute atomic E-state index is 13.6. The molecule has 0 spiro atoms. The third kappa shape index (κ3) is 6.48. The van der Waals surface area contributed by atoms with Crippen molar-refractivity contribution in [3.05, 3.63) is 77.4 Å². The highest BCUT2D eigenvalue weighted by atomic mass is 32.2. The number of nitrogens with one attached hydrogen (secondary N) is 1. The van der Waals surface area contributed by atoms with Gasteiger partial charge in [-0.2, -0.15) is 0 Å². The fourth-order valence-corrected chi connectivity index (χ4v) is 4.97. The smallest absolute Gasteiger partial charge is 0.264 e. The molecular weight excluding hydrogens is 480 g/mol. The normalized spacial score (nSPS) is 11.0. The van der Waals surface area contributed by atoms with Crippen LogP contribution < -0.4 is 23.8 Å². The molecule has 0 aliphatic heterocycles. The number of amides is 1. The lowest BCUT2D eigenvalue weighted by Crippen LogP contribution is -2.42. The summed E-state index contributed by atoms with van der Waals surface area (Å²) in [5, 5.41) is 2.75. The Kier molecular flexibility index (Phi) is 8.82. The van der Waals surface area contributed by atoms with Crippen LogP contribution in [-0.4, -0.2) is 48.2 Å². The molecule has 0 aromatic heterocycles. The van der Waals surface area contributed by atoms with Crippen molar-refractivity contribution in [3.8, 4) is 17.2 Å². The Bertz CT molecular complexity index is 1310. The van der Waals surface area contributed by atoms with E-state index in [2.05, 4.69) is 5.32 Å². The minimum Gasteiger partial charge on any atom is -0.493 e. The van der Waals surface area contributed by atoms with Crippen LogP contribution in [0.15, 0.2) is 65.6 Å². The predicted molar refractivity (Wildman–Crippen MR) is 140 cm³/mol. The number of rotatable bonds is 11. The highest BCUT2D eigenvalue weighted by Gasteiger charge is 2.28. The van der Waals surface area contributed by atoms with Gasteiger partial charge in [0.15, 0.2) is 11.5 Å². The summed E-state index contributed by atoms with van der Waals surface area (Å²) in [5.41, 5.74) is 3.42. The van der Waals surface area contributed by atoms with Gasteiger partial charge >= 0.3 is 0 Å². The molecule has 36 heavy (non-hydrogen) atoms. The molecule has 0 unspecified atom stereocenters. The van der Waals surface area contributed by atoms with E-state index in [-0.39, 0.29) is 23.8 Å². The van der Waals surface area contributed by atoms with Gasteiger partial charge in [-0.25, -0.2) is 8.42 Å². The first kappa shape index (κ1) is 26.9. The zero-order valence-corrected chi connectivity index (χ0v) is 22.0. The molecule has 3 aromatic rings. The zero-order chi connectivity index (χ0) is 26.3. The highest BCUT2D eigenvalue weighted by Crippen LogP contribution is 2.32. The molecule has 0 saturated heterocycles. The molecule has 0 heterocycles. The maximum Gasteiger partial charge on any atom is 0.264 e. The second kappa shape index (κ2) is 11.8. The van der Waals surface area contributed by atoms with Crippen LogP contribution in [0.5, 0.6) is 17.2 Å². The topological polar surface area (TPSA) is 94.2 Å². The summed E-state index contributed by atoms with van der Waals surface area (Å²) in [6, 6.07) is 17.2. The van der Waals surface area contributed by atoms with Gasteiger partial charge in [0.2, 0.25) is 5.91 Å². The minimum absolute atomic E-state index is 0.0215. The van der Waals surface area contributed by atoms with Crippen LogP contribution in [0.3, 0.4) is 0 Å². The minimum atomic E-state index is -4.10. The molecule has 192 valence electrons. The fourth-order valence-electron chi connectivity index (χ4n) is 3.53. The number of ether oxygens (including phenoxy) is 3. The quantitative estimate of drug-likeness (QED) is 0.390. The van der Waals surface area contributed by atoms with Crippen LogP contribution >= 0.6 is 0 Å². The Morgan fingerprint density at radius 3 is 2.17 bits per heavy atom. The Balaban J connectivity index is 1.77. The molecule has 0 fully saturated rings. The van der Waals surface area contributed by atoms with E-state index in [4.69, 9.17) is 14.2 Å². The van der Waals surface area contributed by atoms with Gasteiger partial charge in [-0.3, -0.25) is 9.10 Å². The monoisotopic (exact) mass is 512 g/mol. The molecule has 0 atom stereocenters. The summed E-state index contributed by atoms with van der Waals surface area (Å²) >= 11 is 0. The van der Waals surface area contributed by atoms with E-state index in [9.17, 15) is 13.2 Å². The van der Waals surface area contributed by atoms with Gasteiger partial charge in [0, 0.05) is 6.07 Å². The van der Waals surface area contributed by atoms with Crippen LogP contribution in [0, 0.1) is 20.8 Å². The van der Waals surface area contributed by atoms with E-state index in [0.717, 1.165) is 26.7 Å². The Labute approximate surface area is 212 Å². The zero-order valence-electron chi connectivity index (χ0n) is 21.2. The van der Waals surface area contributed by atoms with Gasteiger partial charge in [0.05, 0.1) is 31.3 Å². The van der Waals surface area contributed by atoms with Crippen molar-refractivity contribution in [1.82, 2.24) is 5.32 Å². The van der Waals surface area contributed by atoms with E-state index < -0.39 is 22.5 Å². The molecule has 0 radical (unpaired) electrons. The largest absolute Gasteiger partial charge is 0.493 e. The number of carbonyl (C=O) groups is 1. The Morgan fingerprint density at radius 1 is 0.833 bits per heavy atom. The molecule has 0 bridgehead atoms. The van der Waals surface area contributed by atoms with Gasteiger partial charge in [-0.05, 0) is 62.2 Å². The Hall–Kier alpha value is -3.72. The number of carbonyl (C=O) groups excluding carboxylic acids is 1. The van der Waals surface area contributed by atoms with Crippen LogP contribution in [0.1, 0.15) is 16.7 Å². The number of benzene rings is 3. The number of nitrogens with zero attached hydrogens (tertiary/aromatic N) is 1. The van der Waals surface area contributed by atoms with Crippen molar-refractivity contribution in [1.29, 1.82) is 0 Å². The molecule has 8 nitrogen and oxygen atoms in total. The third-order valence-corrected chi connectivity index (χ3v) is 7.35. The lowest BCUT2D eigenvalue weighted by atomic mass is 10.1. The van der Waals surface area contributed by atoms with Crippen LogP contribution in [0.2, 0.25) is 0 Å². The lowest BCUT2D eigenvalue weighted by Gasteiger charge is -2.24. The summed E-state index contributed by atoms with van der Waals surface area (Å²) in [7, 11) is -1.20. The van der Waals surface area contributed by atoms with Crippen molar-refractivity contribution in [2.24, 2.45) is 0 Å². The second-order valence-electron chi connectivity index (χ2n) is 8.33. The van der Waals surface area contributed by atoms with Crippen molar-refractivity contribution >= 4 is 21.6 Å². The van der Waals surface area contributed by atoms with Crippen molar-refractivity contribution < 1.29 is 27.4 Å². The van der Waals surface area contributed by atoms with Gasteiger partial charge in [-0.15, -0.1) is 0 Å². The van der Waals surface area contributed by atoms with E-state index in [0.29, 0.717) is 11.4 Å². The average molecular weight is 513 g/mol. The van der Waals surface area contributed by atoms with Gasteiger partial charge in [0.1, 0.15) is 18.9 Å². The summed E-state index contributed by atoms with van der Waals surface area (Å²) in [5.74, 6) is 0.973. The van der Waals surface area contributed by atoms with Gasteiger partial charge in [-0.1, -0.05) is 29.8 Å². The first-order valence-corrected chi connectivity index (χ1v) is 12.9. The average Bonchev–Trinajstić information content (AvgIpc) is 2.87. The second-order valence-corrected chi connectivity index (χ2v) is 10.2. The summed E-state index contributed by atoms with van der Waals surface area (Å²) in [6.45, 7) is 5.91. The third-order valence-electron chi connectivity index (χ3n) is 5.58. The molecule has 0 aliphatic carbocycles. The molecule has 9 heteroatoms. The van der Waals surface area contributed by atoms with Crippen molar-refractivity contribution in [2.75, 3.05) is 38.2 Å².